The number of pyridine rings is 2. The van der Waals surface area contributed by atoms with Crippen LogP contribution >= 0.6 is 0 Å². The molecule has 0 fully saturated rings. The number of fused-ring (bicyclic) bond motifs is 1. The van der Waals surface area contributed by atoms with Gasteiger partial charge in [0.15, 0.2) is 0 Å². The van der Waals surface area contributed by atoms with Crippen LogP contribution in [-0.4, -0.2) is 15.9 Å². The van der Waals surface area contributed by atoms with Gasteiger partial charge in [-0.05, 0) is 24.3 Å². The number of carbonyl (C=O) groups excluding carboxylic acids is 1. The first-order valence-electron chi connectivity index (χ1n) is 6.29. The Balaban J connectivity index is 1.91. The molecule has 2 aromatic heterocycles. The quantitative estimate of drug-likeness (QED) is 0.779. The largest absolute Gasteiger partial charge is 0.320 e. The van der Waals surface area contributed by atoms with Crippen LogP contribution in [0.2, 0.25) is 0 Å². The highest BCUT2D eigenvalue weighted by molar-refractivity contribution is 6.08. The van der Waals surface area contributed by atoms with Crippen LogP contribution in [0.1, 0.15) is 16.1 Å². The molecule has 1 amide bonds. The number of anilines is 1. The molecule has 1 aromatic carbocycles. The Bertz CT molecular complexity index is 845. The molecule has 3 rings (SSSR count). The van der Waals surface area contributed by atoms with E-state index in [2.05, 4.69) is 15.3 Å². The number of nitriles is 1. The van der Waals surface area contributed by atoms with Crippen molar-refractivity contribution >= 4 is 22.5 Å². The normalized spacial score (nSPS) is 10.0. The van der Waals surface area contributed by atoms with Crippen LogP contribution in [0.3, 0.4) is 0 Å². The third kappa shape index (κ3) is 2.55. The van der Waals surface area contributed by atoms with E-state index < -0.39 is 0 Å². The van der Waals surface area contributed by atoms with E-state index in [9.17, 15) is 4.79 Å². The standard InChI is InChI=1S/C16H10N4O/c17-9-13-7-6-12(10-19-13)16(21)20-14-5-1-3-11-4-2-8-18-15(11)14/h1-8,10H,(H,20,21). The molecule has 0 saturated carbocycles. The maximum absolute atomic E-state index is 12.2. The van der Waals surface area contributed by atoms with Gasteiger partial charge in [0, 0.05) is 17.8 Å². The zero-order chi connectivity index (χ0) is 14.7. The Hall–Kier alpha value is -3.26. The summed E-state index contributed by atoms with van der Waals surface area (Å²) in [4.78, 5) is 20.4. The molecule has 0 saturated heterocycles. The fourth-order valence-corrected chi connectivity index (χ4v) is 1.99. The number of hydrogen-bond acceptors (Lipinski definition) is 4. The summed E-state index contributed by atoms with van der Waals surface area (Å²) in [7, 11) is 0. The molecule has 0 radical (unpaired) electrons. The molecule has 0 aliphatic rings. The second-order valence-corrected chi connectivity index (χ2v) is 4.38. The first-order chi connectivity index (χ1) is 10.3. The summed E-state index contributed by atoms with van der Waals surface area (Å²) in [6.07, 6.45) is 3.06. The van der Waals surface area contributed by atoms with Crippen molar-refractivity contribution < 1.29 is 4.79 Å². The first-order valence-corrected chi connectivity index (χ1v) is 6.29. The summed E-state index contributed by atoms with van der Waals surface area (Å²) in [6, 6.07) is 14.4. The Labute approximate surface area is 120 Å². The number of benzene rings is 1. The van der Waals surface area contributed by atoms with Crippen LogP contribution in [0.25, 0.3) is 10.9 Å². The van der Waals surface area contributed by atoms with Crippen molar-refractivity contribution in [2.24, 2.45) is 0 Å². The molecular weight excluding hydrogens is 264 g/mol. The van der Waals surface area contributed by atoms with Crippen molar-refractivity contribution in [3.05, 3.63) is 66.1 Å². The zero-order valence-corrected chi connectivity index (χ0v) is 10.9. The molecule has 1 N–H and O–H groups in total. The fraction of sp³-hybridized carbons (Fsp3) is 0. The average Bonchev–Trinajstić information content (AvgIpc) is 2.55. The van der Waals surface area contributed by atoms with Gasteiger partial charge in [-0.25, -0.2) is 4.98 Å². The summed E-state index contributed by atoms with van der Waals surface area (Å²) in [5.74, 6) is -0.287. The van der Waals surface area contributed by atoms with E-state index in [0.717, 1.165) is 10.9 Å². The van der Waals surface area contributed by atoms with E-state index in [1.807, 2.05) is 30.3 Å². The number of nitrogens with one attached hydrogen (secondary N) is 1. The van der Waals surface area contributed by atoms with Crippen LogP contribution in [0.4, 0.5) is 5.69 Å². The van der Waals surface area contributed by atoms with Gasteiger partial charge in [0.05, 0.1) is 16.8 Å². The molecule has 2 heterocycles. The van der Waals surface area contributed by atoms with E-state index in [1.165, 1.54) is 12.3 Å². The van der Waals surface area contributed by atoms with Gasteiger partial charge in [-0.3, -0.25) is 9.78 Å². The predicted molar refractivity (Wildman–Crippen MR) is 78.6 cm³/mol. The van der Waals surface area contributed by atoms with Crippen molar-refractivity contribution in [2.45, 2.75) is 0 Å². The number of amides is 1. The summed E-state index contributed by atoms with van der Waals surface area (Å²) in [5.41, 5.74) is 2.04. The van der Waals surface area contributed by atoms with Gasteiger partial charge >= 0.3 is 0 Å². The Morgan fingerprint density at radius 2 is 1.95 bits per heavy atom. The average molecular weight is 274 g/mol. The second kappa shape index (κ2) is 5.39. The van der Waals surface area contributed by atoms with Gasteiger partial charge in [-0.15, -0.1) is 0 Å². The minimum absolute atomic E-state index is 0.276. The van der Waals surface area contributed by atoms with Crippen molar-refractivity contribution in [3.8, 4) is 6.07 Å². The highest BCUT2D eigenvalue weighted by Gasteiger charge is 2.09. The third-order valence-corrected chi connectivity index (χ3v) is 3.02. The first kappa shape index (κ1) is 12.8. The SMILES string of the molecule is N#Cc1ccc(C(=O)Nc2cccc3cccnc23)cn1. The van der Waals surface area contributed by atoms with Crippen LogP contribution in [-0.2, 0) is 0 Å². The summed E-state index contributed by atoms with van der Waals surface area (Å²) in [5, 5.41) is 12.5. The van der Waals surface area contributed by atoms with E-state index in [-0.39, 0.29) is 11.6 Å². The molecule has 0 atom stereocenters. The van der Waals surface area contributed by atoms with Gasteiger partial charge in [-0.1, -0.05) is 18.2 Å². The van der Waals surface area contributed by atoms with Gasteiger partial charge in [0.25, 0.3) is 5.91 Å². The minimum atomic E-state index is -0.287. The molecule has 0 bridgehead atoms. The summed E-state index contributed by atoms with van der Waals surface area (Å²) < 4.78 is 0. The second-order valence-electron chi connectivity index (χ2n) is 4.38. The van der Waals surface area contributed by atoms with E-state index in [4.69, 9.17) is 5.26 Å². The molecule has 21 heavy (non-hydrogen) atoms. The molecule has 3 aromatic rings. The van der Waals surface area contributed by atoms with Gasteiger partial charge in [0.1, 0.15) is 11.8 Å². The van der Waals surface area contributed by atoms with Crippen LogP contribution in [0.15, 0.2) is 54.9 Å². The zero-order valence-electron chi connectivity index (χ0n) is 10.9. The number of para-hydroxylation sites is 1. The lowest BCUT2D eigenvalue weighted by Crippen LogP contribution is -2.12. The third-order valence-electron chi connectivity index (χ3n) is 3.02. The molecule has 0 unspecified atom stereocenters. The number of aromatic nitrogens is 2. The molecule has 0 spiro atoms. The van der Waals surface area contributed by atoms with Crippen LogP contribution < -0.4 is 5.32 Å². The molecular formula is C16H10N4O. The molecule has 100 valence electrons. The van der Waals surface area contributed by atoms with Crippen molar-refractivity contribution in [3.63, 3.8) is 0 Å². The van der Waals surface area contributed by atoms with Gasteiger partial charge in [0.2, 0.25) is 0 Å². The lowest BCUT2D eigenvalue weighted by Gasteiger charge is -2.07. The van der Waals surface area contributed by atoms with Crippen molar-refractivity contribution in [1.82, 2.24) is 9.97 Å². The molecule has 0 aliphatic carbocycles. The smallest absolute Gasteiger partial charge is 0.257 e. The Morgan fingerprint density at radius 3 is 2.71 bits per heavy atom. The van der Waals surface area contributed by atoms with Gasteiger partial charge in [-0.2, -0.15) is 5.26 Å². The van der Waals surface area contributed by atoms with Gasteiger partial charge < -0.3 is 5.32 Å². The van der Waals surface area contributed by atoms with Crippen molar-refractivity contribution in [1.29, 1.82) is 5.26 Å². The van der Waals surface area contributed by atoms with Crippen LogP contribution in [0.5, 0.6) is 0 Å². The molecule has 5 heteroatoms. The topological polar surface area (TPSA) is 78.7 Å². The van der Waals surface area contributed by atoms with E-state index in [0.29, 0.717) is 11.3 Å². The summed E-state index contributed by atoms with van der Waals surface area (Å²) in [6.45, 7) is 0. The maximum atomic E-state index is 12.2. The number of rotatable bonds is 2. The molecule has 0 aliphatic heterocycles. The fourth-order valence-electron chi connectivity index (χ4n) is 1.99. The maximum Gasteiger partial charge on any atom is 0.257 e. The lowest BCUT2D eigenvalue weighted by atomic mass is 10.2. The van der Waals surface area contributed by atoms with E-state index in [1.54, 1.807) is 18.3 Å². The summed E-state index contributed by atoms with van der Waals surface area (Å²) >= 11 is 0. The minimum Gasteiger partial charge on any atom is -0.320 e. The monoisotopic (exact) mass is 274 g/mol. The van der Waals surface area contributed by atoms with E-state index >= 15 is 0 Å². The Morgan fingerprint density at radius 1 is 1.10 bits per heavy atom. The highest BCUT2D eigenvalue weighted by Crippen LogP contribution is 2.21. The molecule has 5 nitrogen and oxygen atoms in total. The highest BCUT2D eigenvalue weighted by atomic mass is 16.1. The number of carbonyl (C=O) groups is 1. The Kier molecular flexibility index (Phi) is 3.27. The van der Waals surface area contributed by atoms with Crippen LogP contribution in [0, 0.1) is 11.3 Å². The number of hydrogen-bond donors (Lipinski definition) is 1. The van der Waals surface area contributed by atoms with Crippen molar-refractivity contribution in [2.75, 3.05) is 5.32 Å². The number of nitrogens with zero attached hydrogens (tertiary/aromatic N) is 3. The lowest BCUT2D eigenvalue weighted by molar-refractivity contribution is 0.102. The predicted octanol–water partition coefficient (Wildman–Crippen LogP) is 2.75.